The Morgan fingerprint density at radius 3 is 2.27 bits per heavy atom. The second-order valence-corrected chi connectivity index (χ2v) is 5.25. The van der Waals surface area contributed by atoms with Crippen molar-refractivity contribution >= 4 is 35.1 Å². The van der Waals surface area contributed by atoms with E-state index in [2.05, 4.69) is 20.6 Å². The fraction of sp³-hybridized carbons (Fsp3) is 0. The lowest BCUT2D eigenvalue weighted by Gasteiger charge is -2.10. The molecule has 0 radical (unpaired) electrons. The third-order valence-corrected chi connectivity index (χ3v) is 3.46. The molecule has 0 aliphatic rings. The number of aromatic carboxylic acids is 2. The molecule has 3 rings (SSSR count). The van der Waals surface area contributed by atoms with Crippen molar-refractivity contribution in [1.29, 1.82) is 0 Å². The van der Waals surface area contributed by atoms with Gasteiger partial charge in [0.05, 0.1) is 16.8 Å². The van der Waals surface area contributed by atoms with Crippen molar-refractivity contribution in [2.45, 2.75) is 0 Å². The highest BCUT2D eigenvalue weighted by atomic mass is 16.4. The molecular weight excluding hydrogens is 336 g/mol. The fourth-order valence-electron chi connectivity index (χ4n) is 2.23. The van der Waals surface area contributed by atoms with Crippen molar-refractivity contribution < 1.29 is 19.8 Å². The summed E-state index contributed by atoms with van der Waals surface area (Å²) in [5.41, 5.74) is 1.33. The average Bonchev–Trinajstić information content (AvgIpc) is 2.63. The summed E-state index contributed by atoms with van der Waals surface area (Å²) in [6.45, 7) is 0. The standard InChI is InChI=1S/C18H14N4O4/c23-16(24)11-5-7-12(8-6-11)20-15-9-10-19-18(22-15)21-14-4-2-1-3-13(14)17(25)26/h1-10H,(H,23,24)(H,25,26)(H2,19,20,21,22). The van der Waals surface area contributed by atoms with Gasteiger partial charge in [-0.2, -0.15) is 4.98 Å². The second-order valence-electron chi connectivity index (χ2n) is 5.25. The number of rotatable bonds is 6. The molecule has 8 nitrogen and oxygen atoms in total. The smallest absolute Gasteiger partial charge is 0.337 e. The molecule has 2 aromatic carbocycles. The summed E-state index contributed by atoms with van der Waals surface area (Å²) >= 11 is 0. The summed E-state index contributed by atoms with van der Waals surface area (Å²) in [6, 6.07) is 14.3. The van der Waals surface area contributed by atoms with Crippen LogP contribution >= 0.6 is 0 Å². The molecular formula is C18H14N4O4. The molecule has 4 N–H and O–H groups in total. The minimum Gasteiger partial charge on any atom is -0.478 e. The third-order valence-electron chi connectivity index (χ3n) is 3.46. The number of anilines is 4. The van der Waals surface area contributed by atoms with Crippen LogP contribution in [0.4, 0.5) is 23.1 Å². The molecule has 0 unspecified atom stereocenters. The molecule has 0 saturated carbocycles. The molecule has 0 spiro atoms. The molecule has 0 aliphatic carbocycles. The Kier molecular flexibility index (Phi) is 4.75. The Bertz CT molecular complexity index is 957. The highest BCUT2D eigenvalue weighted by Gasteiger charge is 2.10. The Balaban J connectivity index is 1.78. The topological polar surface area (TPSA) is 124 Å². The molecule has 0 atom stereocenters. The Hall–Kier alpha value is -3.94. The van der Waals surface area contributed by atoms with Crippen LogP contribution in [0, 0.1) is 0 Å². The zero-order valence-corrected chi connectivity index (χ0v) is 13.4. The van der Waals surface area contributed by atoms with Crippen molar-refractivity contribution in [2.24, 2.45) is 0 Å². The lowest BCUT2D eigenvalue weighted by Crippen LogP contribution is -2.05. The van der Waals surface area contributed by atoms with Crippen LogP contribution < -0.4 is 10.6 Å². The number of nitrogens with zero attached hydrogens (tertiary/aromatic N) is 2. The zero-order chi connectivity index (χ0) is 18.5. The van der Waals surface area contributed by atoms with Gasteiger partial charge >= 0.3 is 11.9 Å². The highest BCUT2D eigenvalue weighted by Crippen LogP contribution is 2.20. The van der Waals surface area contributed by atoms with E-state index in [0.717, 1.165) is 0 Å². The molecule has 1 aromatic heterocycles. The van der Waals surface area contributed by atoms with Gasteiger partial charge in [0.15, 0.2) is 0 Å². The summed E-state index contributed by atoms with van der Waals surface area (Å²) in [5.74, 6) is -1.35. The molecule has 0 saturated heterocycles. The molecule has 1 heterocycles. The Morgan fingerprint density at radius 1 is 0.846 bits per heavy atom. The van der Waals surface area contributed by atoms with Gasteiger partial charge in [0.25, 0.3) is 0 Å². The summed E-state index contributed by atoms with van der Waals surface area (Å²) in [4.78, 5) is 30.5. The maximum Gasteiger partial charge on any atom is 0.337 e. The number of carboxylic acid groups (broad SMARTS) is 2. The molecule has 3 aromatic rings. The van der Waals surface area contributed by atoms with Crippen molar-refractivity contribution in [3.63, 3.8) is 0 Å². The van der Waals surface area contributed by atoms with Crippen LogP contribution in [0.3, 0.4) is 0 Å². The first kappa shape index (κ1) is 16.9. The Morgan fingerprint density at radius 2 is 1.58 bits per heavy atom. The van der Waals surface area contributed by atoms with Gasteiger partial charge in [-0.3, -0.25) is 0 Å². The van der Waals surface area contributed by atoms with Crippen LogP contribution in [0.1, 0.15) is 20.7 Å². The zero-order valence-electron chi connectivity index (χ0n) is 13.4. The maximum absolute atomic E-state index is 11.3. The molecule has 8 heteroatoms. The van der Waals surface area contributed by atoms with Crippen LogP contribution in [-0.4, -0.2) is 32.1 Å². The number of carboxylic acids is 2. The van der Waals surface area contributed by atoms with Gasteiger partial charge < -0.3 is 20.8 Å². The van der Waals surface area contributed by atoms with E-state index in [1.54, 1.807) is 36.4 Å². The lowest BCUT2D eigenvalue weighted by atomic mass is 10.2. The quantitative estimate of drug-likeness (QED) is 0.533. The van der Waals surface area contributed by atoms with E-state index in [9.17, 15) is 14.7 Å². The van der Waals surface area contributed by atoms with E-state index in [1.807, 2.05) is 0 Å². The van der Waals surface area contributed by atoms with Crippen LogP contribution in [0.15, 0.2) is 60.8 Å². The normalized spacial score (nSPS) is 10.2. The van der Waals surface area contributed by atoms with Gasteiger partial charge in [0.1, 0.15) is 5.82 Å². The Labute approximate surface area is 148 Å². The molecule has 26 heavy (non-hydrogen) atoms. The molecule has 0 fully saturated rings. The van der Waals surface area contributed by atoms with Gasteiger partial charge in [-0.25, -0.2) is 14.6 Å². The number of carbonyl (C=O) groups is 2. The fourth-order valence-corrected chi connectivity index (χ4v) is 2.23. The van der Waals surface area contributed by atoms with Crippen molar-refractivity contribution in [3.05, 3.63) is 71.9 Å². The highest BCUT2D eigenvalue weighted by molar-refractivity contribution is 5.94. The first-order valence-corrected chi connectivity index (χ1v) is 7.56. The van der Waals surface area contributed by atoms with E-state index < -0.39 is 11.9 Å². The summed E-state index contributed by atoms with van der Waals surface area (Å²) in [6.07, 6.45) is 1.52. The van der Waals surface area contributed by atoms with Crippen molar-refractivity contribution in [2.75, 3.05) is 10.6 Å². The maximum atomic E-state index is 11.3. The summed E-state index contributed by atoms with van der Waals surface area (Å²) < 4.78 is 0. The largest absolute Gasteiger partial charge is 0.478 e. The van der Waals surface area contributed by atoms with Crippen LogP contribution in [-0.2, 0) is 0 Å². The van der Waals surface area contributed by atoms with E-state index in [-0.39, 0.29) is 17.1 Å². The number of aromatic nitrogens is 2. The summed E-state index contributed by atoms with van der Waals surface area (Å²) in [5, 5.41) is 24.0. The monoisotopic (exact) mass is 350 g/mol. The van der Waals surface area contributed by atoms with Crippen LogP contribution in [0.25, 0.3) is 0 Å². The number of nitrogens with one attached hydrogen (secondary N) is 2. The molecule has 0 amide bonds. The average molecular weight is 350 g/mol. The minimum absolute atomic E-state index is 0.110. The molecule has 0 aliphatic heterocycles. The van der Waals surface area contributed by atoms with Crippen molar-refractivity contribution in [3.8, 4) is 0 Å². The predicted octanol–water partition coefficient (Wildman–Crippen LogP) is 3.36. The van der Waals surface area contributed by atoms with Crippen LogP contribution in [0.5, 0.6) is 0 Å². The van der Waals surface area contributed by atoms with Gasteiger partial charge in [0.2, 0.25) is 5.95 Å². The molecule has 0 bridgehead atoms. The number of hydrogen-bond acceptors (Lipinski definition) is 6. The van der Waals surface area contributed by atoms with E-state index >= 15 is 0 Å². The molecule has 130 valence electrons. The summed E-state index contributed by atoms with van der Waals surface area (Å²) in [7, 11) is 0. The SMILES string of the molecule is O=C(O)c1ccc(Nc2ccnc(Nc3ccccc3C(=O)O)n2)cc1. The van der Waals surface area contributed by atoms with Crippen LogP contribution in [0.2, 0.25) is 0 Å². The number of hydrogen-bond donors (Lipinski definition) is 4. The first-order chi connectivity index (χ1) is 12.5. The lowest BCUT2D eigenvalue weighted by molar-refractivity contribution is 0.0686. The van der Waals surface area contributed by atoms with E-state index in [4.69, 9.17) is 5.11 Å². The van der Waals surface area contributed by atoms with Gasteiger partial charge in [-0.05, 0) is 42.5 Å². The van der Waals surface area contributed by atoms with Crippen molar-refractivity contribution in [1.82, 2.24) is 9.97 Å². The minimum atomic E-state index is -1.05. The van der Waals surface area contributed by atoms with Gasteiger partial charge in [-0.15, -0.1) is 0 Å². The number of benzene rings is 2. The number of para-hydroxylation sites is 1. The van der Waals surface area contributed by atoms with Gasteiger partial charge in [-0.1, -0.05) is 12.1 Å². The predicted molar refractivity (Wildman–Crippen MR) is 95.4 cm³/mol. The van der Waals surface area contributed by atoms with E-state index in [0.29, 0.717) is 17.2 Å². The second kappa shape index (κ2) is 7.31. The van der Waals surface area contributed by atoms with E-state index in [1.165, 1.54) is 24.4 Å². The first-order valence-electron chi connectivity index (χ1n) is 7.56. The van der Waals surface area contributed by atoms with Gasteiger partial charge in [0, 0.05) is 11.9 Å². The third kappa shape index (κ3) is 3.93.